The van der Waals surface area contributed by atoms with Crippen LogP contribution in [0.15, 0.2) is 108 Å². The van der Waals surface area contributed by atoms with E-state index >= 15 is 0 Å². The monoisotopic (exact) mass is 683 g/mol. The zero-order valence-corrected chi connectivity index (χ0v) is 28.8. The second kappa shape index (κ2) is 17.4. The quantitative estimate of drug-likeness (QED) is 0.0783. The third-order valence-corrected chi connectivity index (χ3v) is 9.29. The molecule has 11 heteroatoms. The molecule has 0 saturated carbocycles. The van der Waals surface area contributed by atoms with Crippen molar-refractivity contribution in [2.24, 2.45) is 5.11 Å². The van der Waals surface area contributed by atoms with Crippen LogP contribution in [-0.4, -0.2) is 75.6 Å². The summed E-state index contributed by atoms with van der Waals surface area (Å²) in [4.78, 5) is 3.12. The van der Waals surface area contributed by atoms with E-state index < -0.39 is 61.3 Å². The summed E-state index contributed by atoms with van der Waals surface area (Å²) >= 11 is 0. The molecule has 6 rings (SSSR count). The second-order valence-corrected chi connectivity index (χ2v) is 12.6. The SMILES string of the molecule is CO[C@@H]1O[C@@H](C)[C@H](OCc2ccccc2)[C@@H](O[C@H]2O[C@H](C)[C@@H](N=[N+]=[N-])[C@H](OCc3ccc4ccccc4c3)[C@H]2OC)[C@H]1OCc1ccccc1. The molecule has 0 aliphatic carbocycles. The number of benzene rings is 4. The Morgan fingerprint density at radius 1 is 0.580 bits per heavy atom. The number of fused-ring (bicyclic) bond motifs is 1. The van der Waals surface area contributed by atoms with Crippen molar-refractivity contribution in [3.63, 3.8) is 0 Å². The Labute approximate surface area is 292 Å². The third-order valence-electron chi connectivity index (χ3n) is 9.29. The summed E-state index contributed by atoms with van der Waals surface area (Å²) in [6.07, 6.45) is -6.16. The van der Waals surface area contributed by atoms with Gasteiger partial charge in [0.25, 0.3) is 0 Å². The molecule has 2 saturated heterocycles. The lowest BCUT2D eigenvalue weighted by atomic mass is 9.95. The minimum absolute atomic E-state index is 0.262. The number of methoxy groups -OCH3 is 2. The Bertz CT molecular complexity index is 1690. The van der Waals surface area contributed by atoms with E-state index in [0.29, 0.717) is 13.2 Å². The number of hydrogen-bond donors (Lipinski definition) is 0. The van der Waals surface area contributed by atoms with Crippen LogP contribution in [-0.2, 0) is 57.7 Å². The summed E-state index contributed by atoms with van der Waals surface area (Å²) < 4.78 is 51.2. The minimum atomic E-state index is -0.944. The van der Waals surface area contributed by atoms with E-state index in [2.05, 4.69) is 34.3 Å². The molecule has 0 radical (unpaired) electrons. The molecule has 264 valence electrons. The van der Waals surface area contributed by atoms with Crippen molar-refractivity contribution in [2.75, 3.05) is 14.2 Å². The number of ether oxygens (including phenoxy) is 8. The molecule has 10 atom stereocenters. The molecule has 11 nitrogen and oxygen atoms in total. The molecule has 2 heterocycles. The van der Waals surface area contributed by atoms with Crippen LogP contribution in [0.3, 0.4) is 0 Å². The third kappa shape index (κ3) is 8.52. The summed E-state index contributed by atoms with van der Waals surface area (Å²) in [5.41, 5.74) is 12.5. The molecule has 4 aromatic carbocycles. The second-order valence-electron chi connectivity index (χ2n) is 12.6. The van der Waals surface area contributed by atoms with Gasteiger partial charge in [-0.25, -0.2) is 0 Å². The van der Waals surface area contributed by atoms with Gasteiger partial charge in [-0.3, -0.25) is 0 Å². The van der Waals surface area contributed by atoms with Crippen LogP contribution in [0.5, 0.6) is 0 Å². The number of rotatable bonds is 14. The highest BCUT2D eigenvalue weighted by Crippen LogP contribution is 2.35. The number of hydrogen-bond acceptors (Lipinski definition) is 9. The van der Waals surface area contributed by atoms with E-state index in [1.165, 1.54) is 0 Å². The topological polar surface area (TPSA) is 123 Å². The van der Waals surface area contributed by atoms with Crippen molar-refractivity contribution < 1.29 is 37.9 Å². The van der Waals surface area contributed by atoms with Crippen molar-refractivity contribution >= 4 is 10.8 Å². The fourth-order valence-electron chi connectivity index (χ4n) is 6.69. The van der Waals surface area contributed by atoms with E-state index in [0.717, 1.165) is 27.5 Å². The highest BCUT2D eigenvalue weighted by atomic mass is 16.7. The van der Waals surface area contributed by atoms with E-state index in [4.69, 9.17) is 37.9 Å². The van der Waals surface area contributed by atoms with Crippen molar-refractivity contribution in [2.45, 2.75) is 95.0 Å². The van der Waals surface area contributed by atoms with Gasteiger partial charge in [0.2, 0.25) is 0 Å². The molecule has 0 bridgehead atoms. The first-order valence-electron chi connectivity index (χ1n) is 17.0. The van der Waals surface area contributed by atoms with Gasteiger partial charge in [0.15, 0.2) is 12.6 Å². The lowest BCUT2D eigenvalue weighted by molar-refractivity contribution is -0.358. The highest BCUT2D eigenvalue weighted by Gasteiger charge is 2.52. The number of azide groups is 1. The summed E-state index contributed by atoms with van der Waals surface area (Å²) in [7, 11) is 3.15. The molecular formula is C39H45N3O8. The van der Waals surface area contributed by atoms with Crippen molar-refractivity contribution in [1.82, 2.24) is 0 Å². The van der Waals surface area contributed by atoms with E-state index in [9.17, 15) is 5.53 Å². The van der Waals surface area contributed by atoms with Crippen LogP contribution in [0, 0.1) is 0 Å². The minimum Gasteiger partial charge on any atom is -0.373 e. The fourth-order valence-corrected chi connectivity index (χ4v) is 6.69. The molecule has 2 aliphatic rings. The zero-order valence-electron chi connectivity index (χ0n) is 28.8. The van der Waals surface area contributed by atoms with Crippen molar-refractivity contribution in [1.29, 1.82) is 0 Å². The molecule has 0 amide bonds. The molecule has 50 heavy (non-hydrogen) atoms. The average Bonchev–Trinajstić information content (AvgIpc) is 3.15. The Kier molecular flexibility index (Phi) is 12.5. The van der Waals surface area contributed by atoms with Gasteiger partial charge in [0.1, 0.15) is 30.5 Å². The van der Waals surface area contributed by atoms with Gasteiger partial charge in [-0.05, 0) is 52.9 Å². The van der Waals surface area contributed by atoms with Crippen LogP contribution >= 0.6 is 0 Å². The van der Waals surface area contributed by atoms with E-state index in [-0.39, 0.29) is 6.61 Å². The molecule has 4 aromatic rings. The zero-order chi connectivity index (χ0) is 34.9. The lowest BCUT2D eigenvalue weighted by Gasteiger charge is -2.49. The highest BCUT2D eigenvalue weighted by molar-refractivity contribution is 5.82. The van der Waals surface area contributed by atoms with Gasteiger partial charge in [-0.2, -0.15) is 0 Å². The molecule has 0 spiro atoms. The van der Waals surface area contributed by atoms with Crippen LogP contribution in [0.2, 0.25) is 0 Å². The average molecular weight is 684 g/mol. The smallest absolute Gasteiger partial charge is 0.187 e. The molecule has 0 aromatic heterocycles. The normalized spacial score (nSPS) is 29.8. The molecule has 2 fully saturated rings. The van der Waals surface area contributed by atoms with Crippen LogP contribution in [0.4, 0.5) is 0 Å². The largest absolute Gasteiger partial charge is 0.373 e. The first kappa shape index (κ1) is 35.9. The Hall–Kier alpha value is -3.87. The van der Waals surface area contributed by atoms with Crippen molar-refractivity contribution in [3.8, 4) is 0 Å². The molecule has 2 aliphatic heterocycles. The number of nitrogens with zero attached hydrogens (tertiary/aromatic N) is 3. The van der Waals surface area contributed by atoms with Crippen LogP contribution in [0.25, 0.3) is 21.2 Å². The summed E-state index contributed by atoms with van der Waals surface area (Å²) in [6.45, 7) is 4.65. The lowest BCUT2D eigenvalue weighted by Crippen LogP contribution is -2.64. The first-order chi connectivity index (χ1) is 24.5. The fraction of sp³-hybridized carbons (Fsp3) is 0.436. The predicted octanol–water partition coefficient (Wildman–Crippen LogP) is 7.11. The van der Waals surface area contributed by atoms with Gasteiger partial charge in [-0.1, -0.05) is 102 Å². The van der Waals surface area contributed by atoms with Gasteiger partial charge in [-0.15, -0.1) is 0 Å². The maximum absolute atomic E-state index is 9.52. The summed E-state index contributed by atoms with van der Waals surface area (Å²) in [5, 5.41) is 6.33. The van der Waals surface area contributed by atoms with Crippen molar-refractivity contribution in [3.05, 3.63) is 130 Å². The molecular weight excluding hydrogens is 638 g/mol. The standard InChI is InChI=1S/C39H45N3O8/c1-25-32(41-42-40)34(46-24-29-19-20-30-17-11-12-18-31(30)21-29)36(43-3)39(48-25)50-35-33(45-22-27-13-7-5-8-14-27)26(2)49-38(44-4)37(35)47-23-28-15-9-6-10-16-28/h5-21,25-26,32-39H,22-24H2,1-4H3/t25-,26+,32-,33+,34+,35-,36-,37-,38-,39-/m1/s1. The first-order valence-corrected chi connectivity index (χ1v) is 17.0. The maximum atomic E-state index is 9.52. The Morgan fingerprint density at radius 3 is 1.80 bits per heavy atom. The Morgan fingerprint density at radius 2 is 1.16 bits per heavy atom. The molecule has 0 unspecified atom stereocenters. The van der Waals surface area contributed by atoms with Gasteiger partial charge < -0.3 is 37.9 Å². The van der Waals surface area contributed by atoms with E-state index in [1.807, 2.05) is 92.7 Å². The summed E-state index contributed by atoms with van der Waals surface area (Å²) in [5.74, 6) is 0. The van der Waals surface area contributed by atoms with Crippen LogP contribution in [0.1, 0.15) is 30.5 Å². The maximum Gasteiger partial charge on any atom is 0.187 e. The van der Waals surface area contributed by atoms with E-state index in [1.54, 1.807) is 14.2 Å². The predicted molar refractivity (Wildman–Crippen MR) is 187 cm³/mol. The van der Waals surface area contributed by atoms with Gasteiger partial charge >= 0.3 is 0 Å². The van der Waals surface area contributed by atoms with Gasteiger partial charge in [0.05, 0.1) is 38.1 Å². The van der Waals surface area contributed by atoms with Gasteiger partial charge in [0, 0.05) is 19.1 Å². The van der Waals surface area contributed by atoms with Crippen LogP contribution < -0.4 is 0 Å². The summed E-state index contributed by atoms with van der Waals surface area (Å²) in [6, 6.07) is 33.4. The Balaban J connectivity index is 1.28. The molecule has 0 N–H and O–H groups in total.